The second-order valence-electron chi connectivity index (χ2n) is 7.72. The van der Waals surface area contributed by atoms with Crippen molar-refractivity contribution in [3.8, 4) is 17.0 Å². The number of ether oxygens (including phenoxy) is 1. The number of hydrogen-bond acceptors (Lipinski definition) is 4. The van der Waals surface area contributed by atoms with Gasteiger partial charge in [-0.15, -0.1) is 0 Å². The molecule has 0 spiro atoms. The lowest BCUT2D eigenvalue weighted by Crippen LogP contribution is -2.41. The summed E-state index contributed by atoms with van der Waals surface area (Å²) in [4.78, 5) is 23.1. The summed E-state index contributed by atoms with van der Waals surface area (Å²) in [6.45, 7) is 1.67. The molecule has 0 bridgehead atoms. The number of hydrogen-bond donors (Lipinski definition) is 0. The summed E-state index contributed by atoms with van der Waals surface area (Å²) in [6, 6.07) is 18.3. The molecule has 1 amide bonds. The Morgan fingerprint density at radius 1 is 1.00 bits per heavy atom. The second-order valence-corrected chi connectivity index (χ2v) is 7.72. The average molecular weight is 402 g/mol. The van der Waals surface area contributed by atoms with Gasteiger partial charge in [-0.1, -0.05) is 42.5 Å². The van der Waals surface area contributed by atoms with Crippen molar-refractivity contribution < 1.29 is 9.53 Å². The zero-order valence-corrected chi connectivity index (χ0v) is 17.1. The van der Waals surface area contributed by atoms with Gasteiger partial charge in [-0.3, -0.25) is 14.8 Å². The van der Waals surface area contributed by atoms with Gasteiger partial charge < -0.3 is 9.64 Å². The third-order valence-corrected chi connectivity index (χ3v) is 5.73. The molecular formula is C25H27N3O2. The Kier molecular flexibility index (Phi) is 6.70. The van der Waals surface area contributed by atoms with Gasteiger partial charge in [0.1, 0.15) is 5.75 Å². The molecule has 0 unspecified atom stereocenters. The highest BCUT2D eigenvalue weighted by Crippen LogP contribution is 2.28. The van der Waals surface area contributed by atoms with E-state index in [0.29, 0.717) is 11.7 Å². The maximum absolute atomic E-state index is 12.7. The summed E-state index contributed by atoms with van der Waals surface area (Å²) in [5.41, 5.74) is 2.98. The molecule has 5 nitrogen and oxygen atoms in total. The Bertz CT molecular complexity index is 939. The predicted molar refractivity (Wildman–Crippen MR) is 117 cm³/mol. The van der Waals surface area contributed by atoms with Gasteiger partial charge in [0.2, 0.25) is 0 Å². The highest BCUT2D eigenvalue weighted by Gasteiger charge is 2.23. The van der Waals surface area contributed by atoms with E-state index in [1.54, 1.807) is 18.6 Å². The zero-order valence-electron chi connectivity index (χ0n) is 17.1. The molecule has 1 aromatic heterocycles. The van der Waals surface area contributed by atoms with Crippen LogP contribution in [0, 0.1) is 5.92 Å². The van der Waals surface area contributed by atoms with E-state index in [-0.39, 0.29) is 12.5 Å². The van der Waals surface area contributed by atoms with E-state index in [4.69, 9.17) is 4.74 Å². The van der Waals surface area contributed by atoms with E-state index in [0.717, 1.165) is 43.6 Å². The first kappa shape index (κ1) is 20.1. The van der Waals surface area contributed by atoms with Gasteiger partial charge in [0.05, 0.1) is 11.9 Å². The minimum Gasteiger partial charge on any atom is -0.483 e. The van der Waals surface area contributed by atoms with Crippen LogP contribution in [0.15, 0.2) is 73.2 Å². The van der Waals surface area contributed by atoms with Crippen LogP contribution in [0.2, 0.25) is 0 Å². The van der Waals surface area contributed by atoms with Gasteiger partial charge in [-0.05, 0) is 49.3 Å². The van der Waals surface area contributed by atoms with Gasteiger partial charge >= 0.3 is 0 Å². The van der Waals surface area contributed by atoms with Crippen LogP contribution < -0.4 is 4.74 Å². The molecule has 1 fully saturated rings. The molecule has 0 radical (unpaired) electrons. The number of aryl methyl sites for hydroxylation is 1. The number of carbonyl (C=O) groups excluding carboxylic acids is 1. The number of piperidine rings is 1. The van der Waals surface area contributed by atoms with Crippen LogP contribution >= 0.6 is 0 Å². The molecule has 5 heteroatoms. The Balaban J connectivity index is 1.26. The molecule has 0 saturated carbocycles. The normalized spacial score (nSPS) is 14.5. The van der Waals surface area contributed by atoms with Crippen LogP contribution in [0.1, 0.15) is 24.8 Å². The van der Waals surface area contributed by atoms with Crippen molar-refractivity contribution in [3.05, 3.63) is 78.8 Å². The summed E-state index contributed by atoms with van der Waals surface area (Å²) in [5.74, 6) is 1.39. The molecule has 0 aliphatic carbocycles. The van der Waals surface area contributed by atoms with Crippen LogP contribution in [0.3, 0.4) is 0 Å². The third-order valence-electron chi connectivity index (χ3n) is 5.73. The number of carbonyl (C=O) groups is 1. The average Bonchev–Trinajstić information content (AvgIpc) is 2.83. The third kappa shape index (κ3) is 5.23. The molecule has 154 valence electrons. The van der Waals surface area contributed by atoms with E-state index >= 15 is 0 Å². The maximum atomic E-state index is 12.7. The topological polar surface area (TPSA) is 55.3 Å². The first-order chi connectivity index (χ1) is 14.8. The number of nitrogens with zero attached hydrogens (tertiary/aromatic N) is 3. The van der Waals surface area contributed by atoms with Crippen LogP contribution in [0.25, 0.3) is 11.3 Å². The molecule has 4 rings (SSSR count). The lowest BCUT2D eigenvalue weighted by molar-refractivity contribution is -0.134. The van der Waals surface area contributed by atoms with E-state index < -0.39 is 0 Å². The summed E-state index contributed by atoms with van der Waals surface area (Å²) in [5, 5.41) is 0. The van der Waals surface area contributed by atoms with Gasteiger partial charge in [-0.25, -0.2) is 0 Å². The number of para-hydroxylation sites is 1. The molecule has 30 heavy (non-hydrogen) atoms. The Morgan fingerprint density at radius 2 is 1.77 bits per heavy atom. The smallest absolute Gasteiger partial charge is 0.260 e. The molecule has 2 aromatic carbocycles. The maximum Gasteiger partial charge on any atom is 0.260 e. The fourth-order valence-corrected chi connectivity index (χ4v) is 3.96. The summed E-state index contributed by atoms with van der Waals surface area (Å²) >= 11 is 0. The highest BCUT2D eigenvalue weighted by molar-refractivity contribution is 5.78. The van der Waals surface area contributed by atoms with Crippen LogP contribution in [-0.2, 0) is 11.2 Å². The van der Waals surface area contributed by atoms with E-state index in [1.807, 2.05) is 29.2 Å². The monoisotopic (exact) mass is 401 g/mol. The minimum atomic E-state index is 0.0467. The fourth-order valence-electron chi connectivity index (χ4n) is 3.96. The molecule has 0 atom stereocenters. The van der Waals surface area contributed by atoms with Crippen molar-refractivity contribution >= 4 is 5.91 Å². The predicted octanol–water partition coefficient (Wildman–Crippen LogP) is 4.39. The molecule has 0 N–H and O–H groups in total. The summed E-state index contributed by atoms with van der Waals surface area (Å²) in [6.07, 6.45) is 9.42. The number of rotatable bonds is 7. The minimum absolute atomic E-state index is 0.0467. The van der Waals surface area contributed by atoms with Crippen molar-refractivity contribution in [2.75, 3.05) is 19.7 Å². The quantitative estimate of drug-likeness (QED) is 0.589. The van der Waals surface area contributed by atoms with Crippen LogP contribution in [0.4, 0.5) is 0 Å². The van der Waals surface area contributed by atoms with Crippen LogP contribution in [-0.4, -0.2) is 40.5 Å². The van der Waals surface area contributed by atoms with E-state index in [9.17, 15) is 4.79 Å². The molecular weight excluding hydrogens is 374 g/mol. The molecule has 1 aliphatic rings. The van der Waals surface area contributed by atoms with Crippen molar-refractivity contribution in [2.45, 2.75) is 25.7 Å². The van der Waals surface area contributed by atoms with Crippen LogP contribution in [0.5, 0.6) is 5.75 Å². The lowest BCUT2D eigenvalue weighted by Gasteiger charge is -2.32. The largest absolute Gasteiger partial charge is 0.483 e. The van der Waals surface area contributed by atoms with Gasteiger partial charge in [0.25, 0.3) is 5.91 Å². The van der Waals surface area contributed by atoms with Crippen molar-refractivity contribution in [3.63, 3.8) is 0 Å². The standard InChI is InChI=1S/C25H27N3O2/c29-25(19-30-24-9-5-4-8-22(24)23-18-26-14-15-27-23)28-16-12-21(13-17-28)11-10-20-6-2-1-3-7-20/h1-9,14-15,18,21H,10-13,16-17,19H2. The number of amides is 1. The van der Waals surface area contributed by atoms with Crippen molar-refractivity contribution in [1.82, 2.24) is 14.9 Å². The zero-order chi connectivity index (χ0) is 20.6. The Labute approximate surface area is 177 Å². The first-order valence-corrected chi connectivity index (χ1v) is 10.6. The lowest BCUT2D eigenvalue weighted by atomic mass is 9.90. The summed E-state index contributed by atoms with van der Waals surface area (Å²) in [7, 11) is 0. The fraction of sp³-hybridized carbons (Fsp3) is 0.320. The second kappa shape index (κ2) is 10.0. The summed E-state index contributed by atoms with van der Waals surface area (Å²) < 4.78 is 5.88. The van der Waals surface area contributed by atoms with Crippen molar-refractivity contribution in [1.29, 1.82) is 0 Å². The number of benzene rings is 2. The highest BCUT2D eigenvalue weighted by atomic mass is 16.5. The SMILES string of the molecule is O=C(COc1ccccc1-c1cnccn1)N1CCC(CCc2ccccc2)CC1. The number of aromatic nitrogens is 2. The number of likely N-dealkylation sites (tertiary alicyclic amines) is 1. The molecule has 1 saturated heterocycles. The Hall–Kier alpha value is -3.21. The Morgan fingerprint density at radius 3 is 2.53 bits per heavy atom. The van der Waals surface area contributed by atoms with Gasteiger partial charge in [-0.2, -0.15) is 0 Å². The van der Waals surface area contributed by atoms with E-state index in [2.05, 4.69) is 40.3 Å². The van der Waals surface area contributed by atoms with Gasteiger partial charge in [0, 0.05) is 31.0 Å². The van der Waals surface area contributed by atoms with Gasteiger partial charge in [0.15, 0.2) is 6.61 Å². The first-order valence-electron chi connectivity index (χ1n) is 10.6. The molecule has 3 aromatic rings. The van der Waals surface area contributed by atoms with Crippen molar-refractivity contribution in [2.24, 2.45) is 5.92 Å². The molecule has 1 aliphatic heterocycles. The van der Waals surface area contributed by atoms with E-state index in [1.165, 1.54) is 12.0 Å². The molecule has 2 heterocycles.